The minimum Gasteiger partial charge on any atom is -0.428 e. The molecule has 0 amide bonds. The Morgan fingerprint density at radius 3 is 2.89 bits per heavy atom. The van der Waals surface area contributed by atoms with Gasteiger partial charge in [0.1, 0.15) is 0 Å². The Morgan fingerprint density at radius 2 is 2.32 bits per heavy atom. The molecule has 0 fully saturated rings. The molecule has 1 aromatic heterocycles. The minimum absolute atomic E-state index is 0.134. The van der Waals surface area contributed by atoms with Crippen LogP contribution in [0.5, 0.6) is 0 Å². The molecule has 0 unspecified atom stereocenters. The van der Waals surface area contributed by atoms with Gasteiger partial charge in [-0.1, -0.05) is 6.07 Å². The highest BCUT2D eigenvalue weighted by Gasteiger charge is 2.09. The van der Waals surface area contributed by atoms with Crippen LogP contribution in [0.4, 0.5) is 0 Å². The molecule has 19 heavy (non-hydrogen) atoms. The van der Waals surface area contributed by atoms with Gasteiger partial charge in [0.05, 0.1) is 12.3 Å². The van der Waals surface area contributed by atoms with Crippen LogP contribution in [-0.2, 0) is 14.3 Å². The second kappa shape index (κ2) is 8.34. The van der Waals surface area contributed by atoms with Crippen molar-refractivity contribution >= 4 is 29.3 Å². The number of rotatable bonds is 6. The zero-order valence-electron chi connectivity index (χ0n) is 10.9. The van der Waals surface area contributed by atoms with Gasteiger partial charge in [-0.25, -0.2) is 0 Å². The summed E-state index contributed by atoms with van der Waals surface area (Å²) in [6.45, 7) is 2.43. The fourth-order valence-corrected chi connectivity index (χ4v) is 1.38. The van der Waals surface area contributed by atoms with Crippen molar-refractivity contribution in [2.45, 2.75) is 6.92 Å². The molecule has 5 nitrogen and oxygen atoms in total. The average Bonchev–Trinajstić information content (AvgIpc) is 2.39. The van der Waals surface area contributed by atoms with E-state index in [1.54, 1.807) is 31.5 Å². The van der Waals surface area contributed by atoms with E-state index in [1.807, 2.05) is 6.07 Å². The Balaban J connectivity index is 2.66. The van der Waals surface area contributed by atoms with Gasteiger partial charge in [0.25, 0.3) is 5.17 Å². The third kappa shape index (κ3) is 6.08. The van der Waals surface area contributed by atoms with Crippen molar-refractivity contribution in [3.63, 3.8) is 0 Å². The first-order chi connectivity index (χ1) is 9.13. The van der Waals surface area contributed by atoms with Crippen LogP contribution in [-0.4, -0.2) is 36.2 Å². The maximum absolute atomic E-state index is 11.5. The molecule has 0 saturated heterocycles. The first kappa shape index (κ1) is 15.3. The first-order valence-corrected chi connectivity index (χ1v) is 6.12. The third-order valence-corrected chi connectivity index (χ3v) is 2.32. The maximum Gasteiger partial charge on any atom is 0.262 e. The Morgan fingerprint density at radius 1 is 1.53 bits per heavy atom. The molecule has 0 atom stereocenters. The predicted octanol–water partition coefficient (Wildman–Crippen LogP) is 1.55. The summed E-state index contributed by atoms with van der Waals surface area (Å²) in [6, 6.07) is 5.39. The van der Waals surface area contributed by atoms with E-state index in [0.717, 1.165) is 0 Å². The van der Waals surface area contributed by atoms with E-state index in [2.05, 4.69) is 10.3 Å². The van der Waals surface area contributed by atoms with E-state index in [1.165, 1.54) is 6.92 Å². The molecule has 1 heterocycles. The van der Waals surface area contributed by atoms with Gasteiger partial charge in [-0.15, -0.1) is 0 Å². The zero-order valence-corrected chi connectivity index (χ0v) is 11.7. The Hall–Kier alpha value is -1.79. The molecular formula is C13H16N2O3S. The lowest BCUT2D eigenvalue weighted by molar-refractivity contribution is -0.115. The van der Waals surface area contributed by atoms with Crippen LogP contribution < -0.4 is 5.32 Å². The van der Waals surface area contributed by atoms with Crippen LogP contribution in [0.3, 0.4) is 0 Å². The Bertz CT molecular complexity index is 460. The van der Waals surface area contributed by atoms with E-state index >= 15 is 0 Å². The fraction of sp³-hybridized carbons (Fsp3) is 0.308. The van der Waals surface area contributed by atoms with E-state index in [0.29, 0.717) is 18.8 Å². The normalized spacial score (nSPS) is 10.9. The molecule has 0 aliphatic heterocycles. The van der Waals surface area contributed by atoms with Crippen LogP contribution >= 0.6 is 12.2 Å². The molecule has 1 rings (SSSR count). The largest absolute Gasteiger partial charge is 0.428 e. The molecule has 0 spiro atoms. The van der Waals surface area contributed by atoms with Crippen LogP contribution in [0.1, 0.15) is 12.6 Å². The van der Waals surface area contributed by atoms with E-state index in [9.17, 15) is 4.79 Å². The summed E-state index contributed by atoms with van der Waals surface area (Å²) in [6.07, 6.45) is 3.19. The van der Waals surface area contributed by atoms with Crippen molar-refractivity contribution in [3.8, 4) is 0 Å². The van der Waals surface area contributed by atoms with Crippen molar-refractivity contribution in [1.82, 2.24) is 10.3 Å². The number of hydrogen-bond acceptors (Lipinski definition) is 5. The highest BCUT2D eigenvalue weighted by molar-refractivity contribution is 7.80. The van der Waals surface area contributed by atoms with Crippen LogP contribution in [0.25, 0.3) is 6.08 Å². The van der Waals surface area contributed by atoms with Gasteiger partial charge < -0.3 is 14.8 Å². The lowest BCUT2D eigenvalue weighted by Crippen LogP contribution is -2.28. The SMILES string of the molecule is COCCNC(=S)O/C(=C/c1ccccn1)C(C)=O. The van der Waals surface area contributed by atoms with Crippen molar-refractivity contribution < 1.29 is 14.3 Å². The average molecular weight is 280 g/mol. The number of nitrogens with one attached hydrogen (secondary N) is 1. The fourth-order valence-electron chi connectivity index (χ4n) is 1.19. The molecule has 0 aliphatic carbocycles. The van der Waals surface area contributed by atoms with Crippen molar-refractivity contribution in [2.75, 3.05) is 20.3 Å². The molecule has 0 saturated carbocycles. The number of Topliss-reactive ketones (excluding diaryl/α,β-unsaturated/α-hetero) is 1. The van der Waals surface area contributed by atoms with Gasteiger partial charge in [0, 0.05) is 32.9 Å². The number of ether oxygens (including phenoxy) is 2. The predicted molar refractivity (Wildman–Crippen MR) is 76.5 cm³/mol. The highest BCUT2D eigenvalue weighted by atomic mass is 32.1. The van der Waals surface area contributed by atoms with Crippen molar-refractivity contribution in [2.24, 2.45) is 0 Å². The second-order valence-corrected chi connectivity index (χ2v) is 4.00. The van der Waals surface area contributed by atoms with Gasteiger partial charge in [0.15, 0.2) is 11.5 Å². The second-order valence-electron chi connectivity index (χ2n) is 3.63. The standard InChI is InChI=1S/C13H16N2O3S/c1-10(16)12(9-11-5-3-4-6-14-11)18-13(19)15-7-8-17-2/h3-6,9H,7-8H2,1-2H3,(H,15,19)/b12-9+. The summed E-state index contributed by atoms with van der Waals surface area (Å²) < 4.78 is 10.2. The quantitative estimate of drug-likeness (QED) is 0.369. The summed E-state index contributed by atoms with van der Waals surface area (Å²) in [4.78, 5) is 15.6. The number of carbonyl (C=O) groups is 1. The number of ketones is 1. The molecule has 1 N–H and O–H groups in total. The van der Waals surface area contributed by atoms with Crippen LogP contribution in [0.2, 0.25) is 0 Å². The van der Waals surface area contributed by atoms with E-state index in [4.69, 9.17) is 21.7 Å². The zero-order chi connectivity index (χ0) is 14.1. The Kier molecular flexibility index (Phi) is 6.70. The van der Waals surface area contributed by atoms with Gasteiger partial charge in [-0.3, -0.25) is 9.78 Å². The number of nitrogens with zero attached hydrogens (tertiary/aromatic N) is 1. The Labute approximate surface area is 117 Å². The molecule has 0 radical (unpaired) electrons. The summed E-state index contributed by atoms with van der Waals surface area (Å²) in [5, 5.41) is 2.96. The highest BCUT2D eigenvalue weighted by Crippen LogP contribution is 2.07. The number of allylic oxidation sites excluding steroid dienone is 1. The molecule has 102 valence electrons. The molecule has 0 aromatic carbocycles. The lowest BCUT2D eigenvalue weighted by atomic mass is 10.2. The van der Waals surface area contributed by atoms with Gasteiger partial charge >= 0.3 is 0 Å². The first-order valence-electron chi connectivity index (χ1n) is 5.71. The topological polar surface area (TPSA) is 60.4 Å². The van der Waals surface area contributed by atoms with Crippen molar-refractivity contribution in [1.29, 1.82) is 0 Å². The van der Waals surface area contributed by atoms with Crippen LogP contribution in [0.15, 0.2) is 30.2 Å². The summed E-state index contributed by atoms with van der Waals surface area (Å²) in [5.41, 5.74) is 0.632. The number of methoxy groups -OCH3 is 1. The number of pyridine rings is 1. The van der Waals surface area contributed by atoms with Gasteiger partial charge in [-0.05, 0) is 24.4 Å². The van der Waals surface area contributed by atoms with Crippen LogP contribution in [0, 0.1) is 0 Å². The maximum atomic E-state index is 11.5. The molecule has 0 aliphatic rings. The smallest absolute Gasteiger partial charge is 0.262 e. The van der Waals surface area contributed by atoms with Gasteiger partial charge in [-0.2, -0.15) is 0 Å². The molecular weight excluding hydrogens is 264 g/mol. The number of carbonyl (C=O) groups excluding carboxylic acids is 1. The monoisotopic (exact) mass is 280 g/mol. The molecule has 6 heteroatoms. The van der Waals surface area contributed by atoms with Gasteiger partial charge in [0.2, 0.25) is 0 Å². The molecule has 1 aromatic rings. The number of hydrogen-bond donors (Lipinski definition) is 1. The third-order valence-electron chi connectivity index (χ3n) is 2.09. The van der Waals surface area contributed by atoms with Crippen molar-refractivity contribution in [3.05, 3.63) is 35.8 Å². The molecule has 0 bridgehead atoms. The lowest BCUT2D eigenvalue weighted by Gasteiger charge is -2.10. The number of aromatic nitrogens is 1. The summed E-state index contributed by atoms with van der Waals surface area (Å²) in [7, 11) is 1.59. The van der Waals surface area contributed by atoms with E-state index in [-0.39, 0.29) is 16.7 Å². The van der Waals surface area contributed by atoms with E-state index < -0.39 is 0 Å². The number of thiocarbonyl (C=S) groups is 1. The minimum atomic E-state index is -0.221. The summed E-state index contributed by atoms with van der Waals surface area (Å²) in [5.74, 6) is -0.0739. The summed E-state index contributed by atoms with van der Waals surface area (Å²) >= 11 is 4.98.